The number of methoxy groups -OCH3 is 1. The average molecular weight is 452 g/mol. The van der Waals surface area contributed by atoms with E-state index in [1.165, 1.54) is 19.2 Å². The molecule has 3 aromatic rings. The van der Waals surface area contributed by atoms with Crippen LogP contribution >= 0.6 is 15.9 Å². The first-order valence-corrected chi connectivity index (χ1v) is 9.34. The maximum Gasteiger partial charge on any atom is 0.344 e. The predicted octanol–water partition coefficient (Wildman–Crippen LogP) is 5.88. The molecule has 144 valence electrons. The van der Waals surface area contributed by atoms with Gasteiger partial charge in [0.15, 0.2) is 11.5 Å². The van der Waals surface area contributed by atoms with Crippen LogP contribution < -0.4 is 9.47 Å². The second-order valence-electron chi connectivity index (χ2n) is 5.93. The Hall–Kier alpha value is -3.43. The quantitative estimate of drug-likeness (QED) is 0.210. The number of esters is 1. The minimum absolute atomic E-state index is 0.170. The fourth-order valence-corrected chi connectivity index (χ4v) is 3.10. The number of halogens is 2. The van der Waals surface area contributed by atoms with Crippen molar-refractivity contribution in [2.45, 2.75) is 0 Å². The van der Waals surface area contributed by atoms with Gasteiger partial charge in [0.25, 0.3) is 0 Å². The molecule has 3 aromatic carbocycles. The lowest BCUT2D eigenvalue weighted by Crippen LogP contribution is -2.10. The van der Waals surface area contributed by atoms with Crippen molar-refractivity contribution in [1.29, 1.82) is 5.26 Å². The highest BCUT2D eigenvalue weighted by molar-refractivity contribution is 9.10. The molecule has 0 aromatic heterocycles. The fourth-order valence-electron chi connectivity index (χ4n) is 2.66. The van der Waals surface area contributed by atoms with Crippen LogP contribution in [0.3, 0.4) is 0 Å². The van der Waals surface area contributed by atoms with E-state index in [0.717, 1.165) is 0 Å². The van der Waals surface area contributed by atoms with Crippen molar-refractivity contribution in [3.05, 3.63) is 93.7 Å². The summed E-state index contributed by atoms with van der Waals surface area (Å²) in [5, 5.41) is 9.43. The summed E-state index contributed by atoms with van der Waals surface area (Å²) in [6.45, 7) is 0. The summed E-state index contributed by atoms with van der Waals surface area (Å²) >= 11 is 3.32. The topological polar surface area (TPSA) is 59.3 Å². The highest BCUT2D eigenvalue weighted by Gasteiger charge is 2.15. The van der Waals surface area contributed by atoms with E-state index in [1.807, 2.05) is 6.07 Å². The van der Waals surface area contributed by atoms with E-state index in [1.54, 1.807) is 60.7 Å². The molecule has 0 heterocycles. The molecule has 0 aliphatic carbocycles. The maximum atomic E-state index is 14.0. The van der Waals surface area contributed by atoms with Crippen molar-refractivity contribution in [3.8, 4) is 17.6 Å². The smallest absolute Gasteiger partial charge is 0.344 e. The molecule has 0 radical (unpaired) electrons. The van der Waals surface area contributed by atoms with Crippen molar-refractivity contribution in [2.24, 2.45) is 0 Å². The third-order valence-electron chi connectivity index (χ3n) is 4.08. The molecule has 0 aliphatic rings. The van der Waals surface area contributed by atoms with Crippen LogP contribution in [0, 0.1) is 17.1 Å². The van der Waals surface area contributed by atoms with Crippen molar-refractivity contribution in [1.82, 2.24) is 0 Å². The highest BCUT2D eigenvalue weighted by Crippen LogP contribution is 2.31. The molecular formula is C23H15BrFNO3. The lowest BCUT2D eigenvalue weighted by atomic mass is 10.0. The van der Waals surface area contributed by atoms with Gasteiger partial charge in [0.05, 0.1) is 24.3 Å². The van der Waals surface area contributed by atoms with E-state index >= 15 is 0 Å². The lowest BCUT2D eigenvalue weighted by molar-refractivity contribution is 0.0728. The zero-order valence-electron chi connectivity index (χ0n) is 15.4. The van der Waals surface area contributed by atoms with Crippen LogP contribution in [-0.4, -0.2) is 13.1 Å². The first-order valence-electron chi connectivity index (χ1n) is 8.55. The Morgan fingerprint density at radius 2 is 1.72 bits per heavy atom. The second kappa shape index (κ2) is 9.18. The third kappa shape index (κ3) is 4.71. The third-order valence-corrected chi connectivity index (χ3v) is 4.77. The Morgan fingerprint density at radius 3 is 2.38 bits per heavy atom. The lowest BCUT2D eigenvalue weighted by Gasteiger charge is -2.11. The van der Waals surface area contributed by atoms with Crippen LogP contribution in [-0.2, 0) is 0 Å². The van der Waals surface area contributed by atoms with E-state index in [0.29, 0.717) is 21.3 Å². The molecule has 0 fully saturated rings. The summed E-state index contributed by atoms with van der Waals surface area (Å²) in [7, 11) is 1.45. The standard InChI is InChI=1S/C23H15BrFNO3/c1-28-22-13-15(12-16(14-26)17-6-3-5-9-20(17)25)10-11-21(22)29-23(27)18-7-2-4-8-19(18)24/h2-13H,1H3/b16-12-. The van der Waals surface area contributed by atoms with Gasteiger partial charge in [0.1, 0.15) is 5.82 Å². The molecule has 3 rings (SSSR count). The summed E-state index contributed by atoms with van der Waals surface area (Å²) in [4.78, 5) is 12.4. The van der Waals surface area contributed by atoms with Gasteiger partial charge in [-0.3, -0.25) is 0 Å². The van der Waals surface area contributed by atoms with Crippen LogP contribution in [0.2, 0.25) is 0 Å². The van der Waals surface area contributed by atoms with Gasteiger partial charge in [-0.2, -0.15) is 5.26 Å². The summed E-state index contributed by atoms with van der Waals surface area (Å²) in [5.74, 6) is -0.478. The largest absolute Gasteiger partial charge is 0.493 e. The van der Waals surface area contributed by atoms with E-state index in [2.05, 4.69) is 15.9 Å². The molecule has 0 saturated carbocycles. The Bertz CT molecular complexity index is 1130. The van der Waals surface area contributed by atoms with Crippen LogP contribution in [0.15, 0.2) is 71.2 Å². The monoisotopic (exact) mass is 451 g/mol. The molecule has 0 bridgehead atoms. The van der Waals surface area contributed by atoms with Gasteiger partial charge in [-0.05, 0) is 57.9 Å². The summed E-state index contributed by atoms with van der Waals surface area (Å²) in [6.07, 6.45) is 1.54. The highest BCUT2D eigenvalue weighted by atomic mass is 79.9. The summed E-state index contributed by atoms with van der Waals surface area (Å²) in [6, 6.07) is 19.8. The van der Waals surface area contributed by atoms with Crippen molar-refractivity contribution in [3.63, 3.8) is 0 Å². The predicted molar refractivity (Wildman–Crippen MR) is 112 cm³/mol. The van der Waals surface area contributed by atoms with E-state index in [-0.39, 0.29) is 16.9 Å². The van der Waals surface area contributed by atoms with E-state index in [9.17, 15) is 14.4 Å². The molecule has 0 spiro atoms. The maximum absolute atomic E-state index is 14.0. The number of carbonyl (C=O) groups is 1. The molecule has 4 nitrogen and oxygen atoms in total. The molecule has 29 heavy (non-hydrogen) atoms. The Kier molecular flexibility index (Phi) is 6.43. The Labute approximate surface area is 175 Å². The zero-order valence-corrected chi connectivity index (χ0v) is 16.9. The molecule has 0 saturated heterocycles. The molecule has 0 unspecified atom stereocenters. The molecule has 6 heteroatoms. The van der Waals surface area contributed by atoms with Gasteiger partial charge in [-0.15, -0.1) is 0 Å². The Morgan fingerprint density at radius 1 is 1.03 bits per heavy atom. The van der Waals surface area contributed by atoms with Gasteiger partial charge < -0.3 is 9.47 Å². The van der Waals surface area contributed by atoms with Crippen LogP contribution in [0.25, 0.3) is 11.6 Å². The number of nitriles is 1. The van der Waals surface area contributed by atoms with Gasteiger partial charge in [-0.25, -0.2) is 9.18 Å². The van der Waals surface area contributed by atoms with Gasteiger partial charge in [-0.1, -0.05) is 36.4 Å². The first kappa shape index (κ1) is 20.3. The van der Waals surface area contributed by atoms with Crippen LogP contribution in [0.4, 0.5) is 4.39 Å². The van der Waals surface area contributed by atoms with Gasteiger partial charge >= 0.3 is 5.97 Å². The molecule has 0 N–H and O–H groups in total. The SMILES string of the molecule is COc1cc(/C=C(/C#N)c2ccccc2F)ccc1OC(=O)c1ccccc1Br. The number of hydrogen-bond donors (Lipinski definition) is 0. The number of allylic oxidation sites excluding steroid dienone is 1. The van der Waals surface area contributed by atoms with Crippen molar-refractivity contribution >= 4 is 33.5 Å². The minimum atomic E-state index is -0.539. The van der Waals surface area contributed by atoms with Gasteiger partial charge in [0, 0.05) is 10.0 Å². The summed E-state index contributed by atoms with van der Waals surface area (Å²) in [5.41, 5.74) is 1.36. The van der Waals surface area contributed by atoms with E-state index < -0.39 is 11.8 Å². The molecule has 0 atom stereocenters. The van der Waals surface area contributed by atoms with Crippen LogP contribution in [0.5, 0.6) is 11.5 Å². The molecule has 0 aliphatic heterocycles. The minimum Gasteiger partial charge on any atom is -0.493 e. The van der Waals surface area contributed by atoms with Crippen molar-refractivity contribution < 1.29 is 18.7 Å². The average Bonchev–Trinajstić information content (AvgIpc) is 2.73. The number of carbonyl (C=O) groups excluding carboxylic acids is 1. The number of rotatable bonds is 5. The van der Waals surface area contributed by atoms with Crippen LogP contribution in [0.1, 0.15) is 21.5 Å². The molecular weight excluding hydrogens is 437 g/mol. The summed E-state index contributed by atoms with van der Waals surface area (Å²) < 4.78 is 25.4. The molecule has 0 amide bonds. The fraction of sp³-hybridized carbons (Fsp3) is 0.0435. The number of nitrogens with zero attached hydrogens (tertiary/aromatic N) is 1. The van der Waals surface area contributed by atoms with E-state index in [4.69, 9.17) is 9.47 Å². The van der Waals surface area contributed by atoms with Gasteiger partial charge in [0.2, 0.25) is 0 Å². The normalized spacial score (nSPS) is 10.9. The first-order chi connectivity index (χ1) is 14.0. The second-order valence-corrected chi connectivity index (χ2v) is 6.78. The number of hydrogen-bond acceptors (Lipinski definition) is 4. The number of benzene rings is 3. The number of ether oxygens (including phenoxy) is 2. The Balaban J connectivity index is 1.91. The van der Waals surface area contributed by atoms with Crippen molar-refractivity contribution in [2.75, 3.05) is 7.11 Å². The zero-order chi connectivity index (χ0) is 20.8.